The summed E-state index contributed by atoms with van der Waals surface area (Å²) in [7, 11) is 0. The molecule has 0 unspecified atom stereocenters. The van der Waals surface area contributed by atoms with Crippen molar-refractivity contribution < 1.29 is 0 Å². The Labute approximate surface area is 112 Å². The lowest BCUT2D eigenvalue weighted by Crippen LogP contribution is -2.00. The van der Waals surface area contributed by atoms with Crippen LogP contribution in [0.3, 0.4) is 0 Å². The number of benzene rings is 1. The van der Waals surface area contributed by atoms with Crippen molar-refractivity contribution in [2.24, 2.45) is 0 Å². The Balaban J connectivity index is 2.40. The summed E-state index contributed by atoms with van der Waals surface area (Å²) in [5.74, 6) is 0.584. The molecule has 0 amide bonds. The van der Waals surface area contributed by atoms with Gasteiger partial charge < -0.3 is 5.73 Å². The zero-order valence-electron chi connectivity index (χ0n) is 10.9. The summed E-state index contributed by atoms with van der Waals surface area (Å²) in [6.45, 7) is 6.28. The van der Waals surface area contributed by atoms with Gasteiger partial charge in [-0.1, -0.05) is 30.8 Å². The van der Waals surface area contributed by atoms with Crippen molar-refractivity contribution in [3.63, 3.8) is 0 Å². The van der Waals surface area contributed by atoms with E-state index in [0.717, 1.165) is 17.0 Å². The lowest BCUT2D eigenvalue weighted by atomic mass is 10.2. The third-order valence-corrected chi connectivity index (χ3v) is 4.05. The monoisotopic (exact) mass is 259 g/mol. The summed E-state index contributed by atoms with van der Waals surface area (Å²) in [5, 5.41) is 0.957. The molecule has 1 heterocycles. The van der Waals surface area contributed by atoms with E-state index in [0.29, 0.717) is 5.82 Å². The summed E-state index contributed by atoms with van der Waals surface area (Å²) in [5.41, 5.74) is 9.43. The van der Waals surface area contributed by atoms with Gasteiger partial charge in [-0.3, -0.25) is 0 Å². The molecule has 2 rings (SSSR count). The van der Waals surface area contributed by atoms with E-state index in [1.54, 1.807) is 11.8 Å². The molecule has 2 aromatic rings. The first-order valence-electron chi connectivity index (χ1n) is 5.96. The lowest BCUT2D eigenvalue weighted by Gasteiger charge is -2.10. The molecule has 2 N–H and O–H groups in total. The summed E-state index contributed by atoms with van der Waals surface area (Å²) < 4.78 is 0. The van der Waals surface area contributed by atoms with Crippen LogP contribution in [0.1, 0.15) is 23.6 Å². The Morgan fingerprint density at radius 3 is 2.72 bits per heavy atom. The van der Waals surface area contributed by atoms with E-state index in [1.807, 2.05) is 0 Å². The lowest BCUT2D eigenvalue weighted by molar-refractivity contribution is 0.952. The van der Waals surface area contributed by atoms with Crippen LogP contribution in [0.15, 0.2) is 34.4 Å². The minimum absolute atomic E-state index is 0.584. The molecule has 3 nitrogen and oxygen atoms in total. The van der Waals surface area contributed by atoms with Gasteiger partial charge in [0, 0.05) is 10.5 Å². The fourth-order valence-corrected chi connectivity index (χ4v) is 2.90. The number of aryl methyl sites for hydroxylation is 2. The number of hydrogen-bond donors (Lipinski definition) is 1. The predicted molar refractivity (Wildman–Crippen MR) is 75.9 cm³/mol. The Bertz CT molecular complexity index is 567. The van der Waals surface area contributed by atoms with Crippen molar-refractivity contribution in [3.8, 4) is 0 Å². The fourth-order valence-electron chi connectivity index (χ4n) is 1.75. The fraction of sp³-hybridized carbons (Fsp3) is 0.286. The molecular weight excluding hydrogens is 242 g/mol. The van der Waals surface area contributed by atoms with Gasteiger partial charge >= 0.3 is 0 Å². The zero-order valence-corrected chi connectivity index (χ0v) is 11.7. The van der Waals surface area contributed by atoms with Gasteiger partial charge in [0.05, 0.1) is 0 Å². The van der Waals surface area contributed by atoms with Gasteiger partial charge in [0.25, 0.3) is 0 Å². The van der Waals surface area contributed by atoms with Crippen LogP contribution in [0.25, 0.3) is 0 Å². The van der Waals surface area contributed by atoms with Crippen LogP contribution in [0.5, 0.6) is 0 Å². The molecule has 0 aliphatic carbocycles. The SMILES string of the molecule is CCc1c(N)ncnc1Sc1cc(C)ccc1C. The quantitative estimate of drug-likeness (QED) is 0.858. The summed E-state index contributed by atoms with van der Waals surface area (Å²) in [4.78, 5) is 9.62. The van der Waals surface area contributed by atoms with Crippen molar-refractivity contribution in [3.05, 3.63) is 41.2 Å². The molecule has 0 bridgehead atoms. The second-order valence-corrected chi connectivity index (χ2v) is 5.30. The molecule has 1 aromatic carbocycles. The molecule has 4 heteroatoms. The largest absolute Gasteiger partial charge is 0.383 e. The average Bonchev–Trinajstić information content (AvgIpc) is 2.34. The second kappa shape index (κ2) is 5.40. The van der Waals surface area contributed by atoms with Crippen LogP contribution in [0.2, 0.25) is 0 Å². The van der Waals surface area contributed by atoms with E-state index in [9.17, 15) is 0 Å². The smallest absolute Gasteiger partial charge is 0.131 e. The van der Waals surface area contributed by atoms with Gasteiger partial charge in [-0.05, 0) is 37.5 Å². The first-order valence-corrected chi connectivity index (χ1v) is 6.78. The van der Waals surface area contributed by atoms with Crippen molar-refractivity contribution in [2.75, 3.05) is 5.73 Å². The molecule has 0 spiro atoms. The van der Waals surface area contributed by atoms with Crippen LogP contribution in [-0.4, -0.2) is 9.97 Å². The van der Waals surface area contributed by atoms with Gasteiger partial charge in [-0.15, -0.1) is 0 Å². The normalized spacial score (nSPS) is 10.6. The van der Waals surface area contributed by atoms with Crippen LogP contribution < -0.4 is 5.73 Å². The third-order valence-electron chi connectivity index (χ3n) is 2.84. The van der Waals surface area contributed by atoms with E-state index in [-0.39, 0.29) is 0 Å². The molecule has 18 heavy (non-hydrogen) atoms. The highest BCUT2D eigenvalue weighted by atomic mass is 32.2. The van der Waals surface area contributed by atoms with Crippen LogP contribution in [0.4, 0.5) is 5.82 Å². The van der Waals surface area contributed by atoms with E-state index < -0.39 is 0 Å². The van der Waals surface area contributed by atoms with Gasteiger partial charge in [0.15, 0.2) is 0 Å². The summed E-state index contributed by atoms with van der Waals surface area (Å²) in [6.07, 6.45) is 2.38. The second-order valence-electron chi connectivity index (χ2n) is 4.27. The highest BCUT2D eigenvalue weighted by molar-refractivity contribution is 7.99. The highest BCUT2D eigenvalue weighted by Crippen LogP contribution is 2.33. The Morgan fingerprint density at radius 2 is 2.00 bits per heavy atom. The van der Waals surface area contributed by atoms with Crippen LogP contribution in [0, 0.1) is 13.8 Å². The molecule has 0 aliphatic rings. The number of nitrogen functional groups attached to an aromatic ring is 1. The van der Waals surface area contributed by atoms with Gasteiger partial charge in [-0.2, -0.15) is 0 Å². The topological polar surface area (TPSA) is 51.8 Å². The first-order chi connectivity index (χ1) is 8.61. The number of rotatable bonds is 3. The molecular formula is C14H17N3S. The molecule has 0 fully saturated rings. The van der Waals surface area contributed by atoms with E-state index >= 15 is 0 Å². The van der Waals surface area contributed by atoms with Crippen LogP contribution >= 0.6 is 11.8 Å². The molecule has 0 atom stereocenters. The standard InChI is InChI=1S/C14H17N3S/c1-4-11-13(15)16-8-17-14(11)18-12-7-9(2)5-6-10(12)3/h5-8H,4H2,1-3H3,(H2,15,16,17). The predicted octanol–water partition coefficient (Wildman–Crippen LogP) is 3.39. The van der Waals surface area contributed by atoms with Gasteiger partial charge in [-0.25, -0.2) is 9.97 Å². The molecule has 0 aliphatic heterocycles. The minimum atomic E-state index is 0.584. The molecule has 0 saturated heterocycles. The van der Waals surface area contributed by atoms with E-state index in [2.05, 4.69) is 48.9 Å². The number of aromatic nitrogens is 2. The summed E-state index contributed by atoms with van der Waals surface area (Å²) >= 11 is 1.66. The number of anilines is 1. The van der Waals surface area contributed by atoms with Gasteiger partial charge in [0.1, 0.15) is 17.2 Å². The van der Waals surface area contributed by atoms with E-state index in [4.69, 9.17) is 5.73 Å². The van der Waals surface area contributed by atoms with Gasteiger partial charge in [0.2, 0.25) is 0 Å². The maximum Gasteiger partial charge on any atom is 0.131 e. The molecule has 0 saturated carbocycles. The number of hydrogen-bond acceptors (Lipinski definition) is 4. The zero-order chi connectivity index (χ0) is 13.1. The van der Waals surface area contributed by atoms with E-state index in [1.165, 1.54) is 22.3 Å². The molecule has 1 aromatic heterocycles. The highest BCUT2D eigenvalue weighted by Gasteiger charge is 2.10. The Kier molecular flexibility index (Phi) is 3.87. The molecule has 0 radical (unpaired) electrons. The maximum absolute atomic E-state index is 5.89. The maximum atomic E-state index is 5.89. The van der Waals surface area contributed by atoms with Crippen LogP contribution in [-0.2, 0) is 6.42 Å². The third kappa shape index (κ3) is 2.64. The number of nitrogens with zero attached hydrogens (tertiary/aromatic N) is 2. The Morgan fingerprint density at radius 1 is 1.22 bits per heavy atom. The first kappa shape index (κ1) is 12.9. The van der Waals surface area contributed by atoms with Crippen molar-refractivity contribution in [1.82, 2.24) is 9.97 Å². The minimum Gasteiger partial charge on any atom is -0.383 e. The average molecular weight is 259 g/mol. The van der Waals surface area contributed by atoms with Crippen molar-refractivity contribution >= 4 is 17.6 Å². The summed E-state index contributed by atoms with van der Waals surface area (Å²) in [6, 6.07) is 6.43. The van der Waals surface area contributed by atoms with Crippen molar-refractivity contribution in [1.29, 1.82) is 0 Å². The molecule has 94 valence electrons. The van der Waals surface area contributed by atoms with Crippen molar-refractivity contribution in [2.45, 2.75) is 37.1 Å². The Hall–Kier alpha value is -1.55. The number of nitrogens with two attached hydrogens (primary N) is 1.